The van der Waals surface area contributed by atoms with Crippen LogP contribution in [0.1, 0.15) is 12.0 Å². The molecule has 2 bridgehead atoms. The number of likely N-dealkylation sites (tertiary alicyclic amines) is 1. The van der Waals surface area contributed by atoms with E-state index >= 15 is 0 Å². The van der Waals surface area contributed by atoms with Crippen molar-refractivity contribution in [3.8, 4) is 0 Å². The number of pyridine rings is 1. The van der Waals surface area contributed by atoms with Crippen LogP contribution < -0.4 is 10.2 Å². The predicted molar refractivity (Wildman–Crippen MR) is 94.8 cm³/mol. The smallest absolute Gasteiger partial charge is 0.240 e. The lowest BCUT2D eigenvalue weighted by atomic mass is 9.85. The van der Waals surface area contributed by atoms with E-state index in [0.29, 0.717) is 6.54 Å². The van der Waals surface area contributed by atoms with Gasteiger partial charge in [-0.05, 0) is 36.0 Å². The largest absolute Gasteiger partial charge is 0.363 e. The molecule has 3 amide bonds. The molecular formula is C19H22N4O3. The van der Waals surface area contributed by atoms with Crippen LogP contribution in [0.3, 0.4) is 0 Å². The Labute approximate surface area is 152 Å². The second-order valence-corrected chi connectivity index (χ2v) is 7.46. The fourth-order valence-corrected chi connectivity index (χ4v) is 4.34. The van der Waals surface area contributed by atoms with Gasteiger partial charge in [-0.3, -0.25) is 19.3 Å². The number of nitrogens with one attached hydrogen (secondary N) is 1. The summed E-state index contributed by atoms with van der Waals surface area (Å²) in [5, 5.41) is 2.79. The fraction of sp³-hybridized carbons (Fsp3) is 0.474. The Morgan fingerprint density at radius 2 is 1.88 bits per heavy atom. The lowest BCUT2D eigenvalue weighted by Crippen LogP contribution is -2.41. The third-order valence-corrected chi connectivity index (χ3v) is 5.62. The molecule has 1 saturated carbocycles. The minimum Gasteiger partial charge on any atom is -0.363 e. The Hall–Kier alpha value is -2.70. The SMILES string of the molecule is CN(C)c1cc(CNC(=O)CN2C(=O)[C@@H]3[C@H](C2=O)[C@H]2C=C[C@H]3C2)ccn1. The first kappa shape index (κ1) is 16.8. The average Bonchev–Trinajstić information content (AvgIpc) is 3.30. The first-order valence-corrected chi connectivity index (χ1v) is 8.88. The van der Waals surface area contributed by atoms with E-state index in [1.807, 2.05) is 43.3 Å². The summed E-state index contributed by atoms with van der Waals surface area (Å²) in [7, 11) is 3.79. The summed E-state index contributed by atoms with van der Waals surface area (Å²) in [5.41, 5.74) is 0.912. The number of hydrogen-bond donors (Lipinski definition) is 1. The first-order valence-electron chi connectivity index (χ1n) is 8.88. The second-order valence-electron chi connectivity index (χ2n) is 7.46. The highest BCUT2D eigenvalue weighted by atomic mass is 16.2. The highest BCUT2D eigenvalue weighted by molar-refractivity contribution is 6.08. The number of fused-ring (bicyclic) bond motifs is 5. The lowest BCUT2D eigenvalue weighted by molar-refractivity contribution is -0.144. The molecule has 0 aromatic carbocycles. The third kappa shape index (κ3) is 2.67. The van der Waals surface area contributed by atoms with Crippen LogP contribution in [0.25, 0.3) is 0 Å². The summed E-state index contributed by atoms with van der Waals surface area (Å²) >= 11 is 0. The van der Waals surface area contributed by atoms with Crippen molar-refractivity contribution in [3.05, 3.63) is 36.0 Å². The molecule has 3 aliphatic rings. The average molecular weight is 354 g/mol. The molecular weight excluding hydrogens is 332 g/mol. The van der Waals surface area contributed by atoms with Crippen molar-refractivity contribution in [2.45, 2.75) is 13.0 Å². The maximum atomic E-state index is 12.6. The maximum Gasteiger partial charge on any atom is 0.240 e. The van der Waals surface area contributed by atoms with Crippen LogP contribution in [0.5, 0.6) is 0 Å². The molecule has 0 radical (unpaired) electrons. The number of nitrogens with zero attached hydrogens (tertiary/aromatic N) is 3. The van der Waals surface area contributed by atoms with Gasteiger partial charge < -0.3 is 10.2 Å². The molecule has 136 valence electrons. The van der Waals surface area contributed by atoms with Crippen LogP contribution in [0.15, 0.2) is 30.5 Å². The Bertz CT molecular complexity index is 774. The first-order chi connectivity index (χ1) is 12.5. The Balaban J connectivity index is 1.36. The third-order valence-electron chi connectivity index (χ3n) is 5.62. The van der Waals surface area contributed by atoms with E-state index in [1.165, 1.54) is 0 Å². The van der Waals surface area contributed by atoms with Crippen LogP contribution in [0.2, 0.25) is 0 Å². The highest BCUT2D eigenvalue weighted by Crippen LogP contribution is 2.52. The van der Waals surface area contributed by atoms with E-state index in [9.17, 15) is 14.4 Å². The zero-order chi connectivity index (χ0) is 18.4. The molecule has 7 nitrogen and oxygen atoms in total. The zero-order valence-electron chi connectivity index (χ0n) is 14.9. The number of carbonyl (C=O) groups excluding carboxylic acids is 3. The number of hydrogen-bond acceptors (Lipinski definition) is 5. The van der Waals surface area contributed by atoms with Gasteiger partial charge in [0.05, 0.1) is 11.8 Å². The quantitative estimate of drug-likeness (QED) is 0.618. The summed E-state index contributed by atoms with van der Waals surface area (Å²) < 4.78 is 0. The summed E-state index contributed by atoms with van der Waals surface area (Å²) in [6.07, 6.45) is 6.68. The monoisotopic (exact) mass is 354 g/mol. The van der Waals surface area contributed by atoms with Gasteiger partial charge in [0, 0.05) is 26.8 Å². The van der Waals surface area contributed by atoms with Gasteiger partial charge in [0.2, 0.25) is 17.7 Å². The van der Waals surface area contributed by atoms with E-state index in [-0.39, 0.29) is 47.9 Å². The van der Waals surface area contributed by atoms with Crippen molar-refractivity contribution in [3.63, 3.8) is 0 Å². The Morgan fingerprint density at radius 1 is 1.23 bits per heavy atom. The van der Waals surface area contributed by atoms with Crippen LogP contribution in [0.4, 0.5) is 5.82 Å². The number of rotatable bonds is 5. The number of aromatic nitrogens is 1. The number of imide groups is 1. The molecule has 0 spiro atoms. The minimum absolute atomic E-state index is 0.163. The molecule has 2 heterocycles. The van der Waals surface area contributed by atoms with Crippen LogP contribution >= 0.6 is 0 Å². The van der Waals surface area contributed by atoms with Gasteiger partial charge in [-0.2, -0.15) is 0 Å². The molecule has 1 saturated heterocycles. The summed E-state index contributed by atoms with van der Waals surface area (Å²) in [6.45, 7) is 0.133. The number of allylic oxidation sites excluding steroid dienone is 2. The van der Waals surface area contributed by atoms with Crippen molar-refractivity contribution < 1.29 is 14.4 Å². The van der Waals surface area contributed by atoms with E-state index < -0.39 is 0 Å². The van der Waals surface area contributed by atoms with Crippen molar-refractivity contribution in [1.82, 2.24) is 15.2 Å². The zero-order valence-corrected chi connectivity index (χ0v) is 14.9. The van der Waals surface area contributed by atoms with E-state index in [2.05, 4.69) is 10.3 Å². The standard InChI is InChI=1S/C19H22N4O3/c1-22(2)14-7-11(5-6-20-14)9-21-15(24)10-23-18(25)16-12-3-4-13(8-12)17(16)19(23)26/h3-7,12-13,16-17H,8-10H2,1-2H3,(H,21,24)/t12-,13-,16-,17+/m0/s1. The van der Waals surface area contributed by atoms with E-state index in [4.69, 9.17) is 0 Å². The van der Waals surface area contributed by atoms with Crippen LogP contribution in [0, 0.1) is 23.7 Å². The number of amides is 3. The number of carbonyl (C=O) groups is 3. The van der Waals surface area contributed by atoms with Crippen LogP contribution in [-0.4, -0.2) is 48.2 Å². The highest BCUT2D eigenvalue weighted by Gasteiger charge is 2.59. The molecule has 4 atom stereocenters. The minimum atomic E-state index is -0.324. The van der Waals surface area contributed by atoms with Gasteiger partial charge in [0.15, 0.2) is 0 Å². The Kier molecular flexibility index (Phi) is 4.01. The molecule has 2 aliphatic carbocycles. The molecule has 2 fully saturated rings. The summed E-state index contributed by atoms with van der Waals surface area (Å²) in [5.74, 6) is -0.0860. The normalized spacial score (nSPS) is 28.6. The fourth-order valence-electron chi connectivity index (χ4n) is 4.34. The molecule has 1 aliphatic heterocycles. The van der Waals surface area contributed by atoms with Crippen molar-refractivity contribution in [2.24, 2.45) is 23.7 Å². The molecule has 0 unspecified atom stereocenters. The van der Waals surface area contributed by atoms with Gasteiger partial charge in [0.1, 0.15) is 12.4 Å². The summed E-state index contributed by atoms with van der Waals surface area (Å²) in [6, 6.07) is 3.72. The number of anilines is 1. The topological polar surface area (TPSA) is 82.6 Å². The van der Waals surface area contributed by atoms with Crippen LogP contribution in [-0.2, 0) is 20.9 Å². The van der Waals surface area contributed by atoms with Gasteiger partial charge in [0.25, 0.3) is 0 Å². The molecule has 1 aromatic heterocycles. The molecule has 7 heteroatoms. The van der Waals surface area contributed by atoms with Crippen molar-refractivity contribution in [2.75, 3.05) is 25.5 Å². The van der Waals surface area contributed by atoms with Gasteiger partial charge in [-0.1, -0.05) is 12.2 Å². The van der Waals surface area contributed by atoms with Gasteiger partial charge in [-0.25, -0.2) is 4.98 Å². The van der Waals surface area contributed by atoms with Crippen molar-refractivity contribution >= 4 is 23.5 Å². The predicted octanol–water partition coefficient (Wildman–Crippen LogP) is 0.571. The van der Waals surface area contributed by atoms with Gasteiger partial charge >= 0.3 is 0 Å². The van der Waals surface area contributed by atoms with E-state index in [1.54, 1.807) is 6.20 Å². The second kappa shape index (κ2) is 6.23. The van der Waals surface area contributed by atoms with E-state index in [0.717, 1.165) is 22.7 Å². The Morgan fingerprint density at radius 3 is 2.50 bits per heavy atom. The van der Waals surface area contributed by atoms with Crippen molar-refractivity contribution in [1.29, 1.82) is 0 Å². The molecule has 4 rings (SSSR count). The lowest BCUT2D eigenvalue weighted by Gasteiger charge is -2.17. The maximum absolute atomic E-state index is 12.6. The molecule has 1 aromatic rings. The molecule has 1 N–H and O–H groups in total. The molecule has 26 heavy (non-hydrogen) atoms. The van der Waals surface area contributed by atoms with Gasteiger partial charge in [-0.15, -0.1) is 0 Å². The summed E-state index contributed by atoms with van der Waals surface area (Å²) in [4.78, 5) is 44.7.